The fourth-order valence-corrected chi connectivity index (χ4v) is 4.60. The van der Waals surface area contributed by atoms with Crippen molar-refractivity contribution in [2.24, 2.45) is 0 Å². The van der Waals surface area contributed by atoms with Gasteiger partial charge in [-0.05, 0) is 46.3 Å². The normalized spacial score (nSPS) is 19.2. The Bertz CT molecular complexity index is 898. The van der Waals surface area contributed by atoms with Gasteiger partial charge in [-0.1, -0.05) is 6.07 Å². The molecule has 0 spiro atoms. The van der Waals surface area contributed by atoms with Crippen molar-refractivity contribution < 1.29 is 14.4 Å². The van der Waals surface area contributed by atoms with Crippen molar-refractivity contribution in [3.63, 3.8) is 0 Å². The highest BCUT2D eigenvalue weighted by Gasteiger charge is 2.40. The number of nitrogens with zero attached hydrogens (tertiary/aromatic N) is 2. The van der Waals surface area contributed by atoms with Gasteiger partial charge in [0.15, 0.2) is 0 Å². The van der Waals surface area contributed by atoms with Gasteiger partial charge in [-0.25, -0.2) is 0 Å². The van der Waals surface area contributed by atoms with E-state index in [4.69, 9.17) is 0 Å². The zero-order valence-electron chi connectivity index (χ0n) is 14.8. The summed E-state index contributed by atoms with van der Waals surface area (Å²) in [6, 6.07) is 6.88. The Kier molecular flexibility index (Phi) is 4.92. The highest BCUT2D eigenvalue weighted by molar-refractivity contribution is 7.99. The lowest BCUT2D eigenvalue weighted by atomic mass is 10.0. The van der Waals surface area contributed by atoms with E-state index in [1.807, 2.05) is 35.2 Å². The Morgan fingerprint density at radius 3 is 2.85 bits per heavy atom. The number of thioether (sulfide) groups is 1. The summed E-state index contributed by atoms with van der Waals surface area (Å²) in [5.41, 5.74) is 3.03. The van der Waals surface area contributed by atoms with Gasteiger partial charge in [-0.15, -0.1) is 0 Å². The van der Waals surface area contributed by atoms with Crippen molar-refractivity contribution in [1.29, 1.82) is 0 Å². The molecule has 3 amide bonds. The lowest BCUT2D eigenvalue weighted by molar-refractivity contribution is -0.133. The summed E-state index contributed by atoms with van der Waals surface area (Å²) in [5.74, 6) is -0.0229. The van der Waals surface area contributed by atoms with Crippen LogP contribution in [0.15, 0.2) is 35.0 Å². The SMILES string of the molecule is CSCC(=O)N1CCN2C(=O)c3cc(-c4ccsc4)ccc3NC(=O)C2C1. The van der Waals surface area contributed by atoms with Gasteiger partial charge in [0.1, 0.15) is 6.04 Å². The quantitative estimate of drug-likeness (QED) is 0.857. The second-order valence-corrected chi connectivity index (χ2v) is 8.19. The minimum atomic E-state index is -0.658. The molecule has 2 aliphatic rings. The van der Waals surface area contributed by atoms with Crippen LogP contribution in [-0.2, 0) is 9.59 Å². The minimum Gasteiger partial charge on any atom is -0.338 e. The molecule has 2 aliphatic heterocycles. The maximum Gasteiger partial charge on any atom is 0.256 e. The van der Waals surface area contributed by atoms with Crippen LogP contribution in [0.1, 0.15) is 10.4 Å². The fourth-order valence-electron chi connectivity index (χ4n) is 3.50. The third kappa shape index (κ3) is 3.35. The number of anilines is 1. The van der Waals surface area contributed by atoms with Crippen LogP contribution >= 0.6 is 23.1 Å². The molecule has 2 aromatic rings. The van der Waals surface area contributed by atoms with Crippen molar-refractivity contribution in [3.8, 4) is 11.1 Å². The standard InChI is InChI=1S/C19H19N3O3S2/c1-26-11-17(23)21-5-6-22-16(9-21)18(24)20-15-3-2-12(8-14(15)19(22)25)13-4-7-27-10-13/h2-4,7-8,10,16H,5-6,9,11H2,1H3,(H,20,24). The largest absolute Gasteiger partial charge is 0.338 e. The van der Waals surface area contributed by atoms with E-state index < -0.39 is 6.04 Å². The molecule has 8 heteroatoms. The highest BCUT2D eigenvalue weighted by atomic mass is 32.2. The van der Waals surface area contributed by atoms with Crippen molar-refractivity contribution in [1.82, 2.24) is 9.80 Å². The van der Waals surface area contributed by atoms with Crippen LogP contribution < -0.4 is 5.32 Å². The first-order chi connectivity index (χ1) is 13.1. The number of fused-ring (bicyclic) bond motifs is 2. The summed E-state index contributed by atoms with van der Waals surface area (Å²) in [6.07, 6.45) is 1.87. The molecule has 0 radical (unpaired) electrons. The molecule has 27 heavy (non-hydrogen) atoms. The van der Waals surface area contributed by atoms with Crippen molar-refractivity contribution in [2.45, 2.75) is 6.04 Å². The number of benzene rings is 1. The summed E-state index contributed by atoms with van der Waals surface area (Å²) in [4.78, 5) is 41.4. The van der Waals surface area contributed by atoms with Crippen molar-refractivity contribution >= 4 is 46.5 Å². The summed E-state index contributed by atoms with van der Waals surface area (Å²) in [6.45, 7) is 1.05. The Balaban J connectivity index is 1.64. The monoisotopic (exact) mass is 401 g/mol. The van der Waals surface area contributed by atoms with E-state index in [2.05, 4.69) is 5.32 Å². The number of carbonyl (C=O) groups excluding carboxylic acids is 3. The Morgan fingerprint density at radius 2 is 2.11 bits per heavy atom. The molecule has 1 atom stereocenters. The zero-order valence-corrected chi connectivity index (χ0v) is 16.4. The molecule has 140 valence electrons. The van der Waals surface area contributed by atoms with Gasteiger partial charge in [-0.3, -0.25) is 14.4 Å². The molecule has 3 heterocycles. The number of rotatable bonds is 3. The predicted octanol–water partition coefficient (Wildman–Crippen LogP) is 2.38. The second kappa shape index (κ2) is 7.36. The molecule has 1 fully saturated rings. The third-order valence-electron chi connectivity index (χ3n) is 4.93. The van der Waals surface area contributed by atoms with Crippen LogP contribution in [0.2, 0.25) is 0 Å². The molecule has 0 saturated carbocycles. The molecule has 1 aromatic heterocycles. The lowest BCUT2D eigenvalue weighted by Crippen LogP contribution is -2.59. The zero-order chi connectivity index (χ0) is 19.0. The van der Waals surface area contributed by atoms with Crippen molar-refractivity contribution in [3.05, 3.63) is 40.6 Å². The van der Waals surface area contributed by atoms with E-state index in [0.717, 1.165) is 11.1 Å². The summed E-state index contributed by atoms with van der Waals surface area (Å²) >= 11 is 3.05. The molecule has 0 bridgehead atoms. The number of amides is 3. The van der Waals surface area contributed by atoms with Gasteiger partial charge in [0.2, 0.25) is 11.8 Å². The molecular formula is C19H19N3O3S2. The average molecular weight is 402 g/mol. The van der Waals surface area contributed by atoms with Gasteiger partial charge in [0.05, 0.1) is 23.5 Å². The Morgan fingerprint density at radius 1 is 1.26 bits per heavy atom. The van der Waals surface area contributed by atoms with Crippen molar-refractivity contribution in [2.75, 3.05) is 37.0 Å². The highest BCUT2D eigenvalue weighted by Crippen LogP contribution is 2.31. The van der Waals surface area contributed by atoms with E-state index in [-0.39, 0.29) is 24.3 Å². The van der Waals surface area contributed by atoms with E-state index in [1.54, 1.807) is 27.2 Å². The number of carbonyl (C=O) groups is 3. The topological polar surface area (TPSA) is 69.7 Å². The maximum absolute atomic E-state index is 13.2. The molecule has 1 N–H and O–H groups in total. The van der Waals surface area contributed by atoms with Gasteiger partial charge in [0.25, 0.3) is 5.91 Å². The first kappa shape index (κ1) is 18.1. The molecule has 1 unspecified atom stereocenters. The van der Waals surface area contributed by atoms with Gasteiger partial charge in [0, 0.05) is 13.1 Å². The van der Waals surface area contributed by atoms with E-state index in [0.29, 0.717) is 30.1 Å². The first-order valence-corrected chi connectivity index (χ1v) is 11.0. The minimum absolute atomic E-state index is 0.00361. The van der Waals surface area contributed by atoms with E-state index in [9.17, 15) is 14.4 Å². The fraction of sp³-hybridized carbons (Fsp3) is 0.316. The number of piperazine rings is 1. The smallest absolute Gasteiger partial charge is 0.256 e. The Hall–Kier alpha value is -2.32. The van der Waals surface area contributed by atoms with Crippen LogP contribution in [0, 0.1) is 0 Å². The summed E-state index contributed by atoms with van der Waals surface area (Å²) < 4.78 is 0. The van der Waals surface area contributed by atoms with Crippen LogP contribution in [0.3, 0.4) is 0 Å². The molecule has 4 rings (SSSR count). The van der Waals surface area contributed by atoms with Gasteiger partial charge >= 0.3 is 0 Å². The van der Waals surface area contributed by atoms with E-state index in [1.165, 1.54) is 11.8 Å². The van der Waals surface area contributed by atoms with Crippen LogP contribution in [0.5, 0.6) is 0 Å². The molecule has 0 aliphatic carbocycles. The van der Waals surface area contributed by atoms with Gasteiger partial charge < -0.3 is 15.1 Å². The molecule has 1 aromatic carbocycles. The number of nitrogens with one attached hydrogen (secondary N) is 1. The molecule has 6 nitrogen and oxygen atoms in total. The third-order valence-corrected chi connectivity index (χ3v) is 6.15. The average Bonchev–Trinajstić information content (AvgIpc) is 3.19. The lowest BCUT2D eigenvalue weighted by Gasteiger charge is -2.39. The molecular weight excluding hydrogens is 382 g/mol. The second-order valence-electron chi connectivity index (χ2n) is 6.55. The Labute approximate surface area is 165 Å². The maximum atomic E-state index is 13.2. The molecule has 1 saturated heterocycles. The summed E-state index contributed by atoms with van der Waals surface area (Å²) in [5, 5.41) is 6.89. The number of hydrogen-bond donors (Lipinski definition) is 1. The van der Waals surface area contributed by atoms with Crippen LogP contribution in [0.25, 0.3) is 11.1 Å². The summed E-state index contributed by atoms with van der Waals surface area (Å²) in [7, 11) is 0. The number of thiophene rings is 1. The van der Waals surface area contributed by atoms with Crippen LogP contribution in [-0.4, -0.2) is 65.2 Å². The first-order valence-electron chi connectivity index (χ1n) is 8.63. The predicted molar refractivity (Wildman–Crippen MR) is 108 cm³/mol. The number of hydrogen-bond acceptors (Lipinski definition) is 5. The van der Waals surface area contributed by atoms with Gasteiger partial charge in [-0.2, -0.15) is 23.1 Å². The van der Waals surface area contributed by atoms with Crippen LogP contribution in [0.4, 0.5) is 5.69 Å². The van der Waals surface area contributed by atoms with E-state index >= 15 is 0 Å².